The third-order valence-electron chi connectivity index (χ3n) is 16.8. The zero-order valence-electron chi connectivity index (χ0n) is 42.1. The normalized spacial score (nSPS) is 12.8. The molecule has 2 nitrogen and oxygen atoms in total. The number of rotatable bonds is 7. The summed E-state index contributed by atoms with van der Waals surface area (Å²) in [5, 5.41) is 9.94. The van der Waals surface area contributed by atoms with Crippen LogP contribution >= 0.6 is 0 Å². The maximum atomic E-state index is 2.51. The third kappa shape index (κ3) is 6.37. The second-order valence-corrected chi connectivity index (χ2v) is 20.7. The third-order valence-corrected chi connectivity index (χ3v) is 16.8. The molecule has 16 rings (SSSR count). The SMILES string of the molecule is c1ccc(-n2c3ccccc3c3cc(-c4ccc5c(c4)c4ccccc4n5-c4ccc(-c5c6ccccc6c(-c6ccc7c(c6)C(c6ccccc6)(c6ccccc6)c6ccccc6-7)c6ccccc56)cc4)ccc32)cc1. The molecule has 13 aromatic carbocycles. The van der Waals surface area contributed by atoms with E-state index in [9.17, 15) is 0 Å². The molecule has 0 N–H and O–H groups in total. The summed E-state index contributed by atoms with van der Waals surface area (Å²) in [6, 6.07) is 108. The molecule has 0 fully saturated rings. The molecule has 77 heavy (non-hydrogen) atoms. The first-order valence-electron chi connectivity index (χ1n) is 26.7. The van der Waals surface area contributed by atoms with Gasteiger partial charge in [0.05, 0.1) is 27.5 Å². The van der Waals surface area contributed by atoms with E-state index in [1.807, 2.05) is 0 Å². The van der Waals surface area contributed by atoms with Gasteiger partial charge < -0.3 is 9.13 Å². The minimum atomic E-state index is -0.488. The highest BCUT2D eigenvalue weighted by Crippen LogP contribution is 2.57. The van der Waals surface area contributed by atoms with Crippen molar-refractivity contribution < 1.29 is 0 Å². The van der Waals surface area contributed by atoms with Gasteiger partial charge in [-0.2, -0.15) is 0 Å². The highest BCUT2D eigenvalue weighted by Gasteiger charge is 2.46. The summed E-state index contributed by atoms with van der Waals surface area (Å²) in [5.41, 5.74) is 21.7. The standard InChI is InChI=1S/C75H48N2/c1-4-20-53(21-5-1)75(54-22-6-2-7-23-54)67-33-17-14-26-57(67)58-43-38-52(48-68(58)75)74-63-31-12-10-29-61(63)73(62-30-11-13-32-64(62)74)49-36-41-56(42-37-49)77-70-35-19-16-28-60(70)66-47-51(40-45-72(66)77)50-39-44-71-65(46-50)59-27-15-18-34-69(59)76(71)55-24-8-3-9-25-55/h1-48H. The molecule has 358 valence electrons. The number of aromatic nitrogens is 2. The first-order valence-corrected chi connectivity index (χ1v) is 26.7. The number of hydrogen-bond acceptors (Lipinski definition) is 0. The zero-order chi connectivity index (χ0) is 50.6. The van der Waals surface area contributed by atoms with Crippen LogP contribution in [0, 0.1) is 0 Å². The summed E-state index contributed by atoms with van der Waals surface area (Å²) in [6.07, 6.45) is 0. The van der Waals surface area contributed by atoms with Gasteiger partial charge in [-0.3, -0.25) is 0 Å². The van der Waals surface area contributed by atoms with Gasteiger partial charge in [0.25, 0.3) is 0 Å². The van der Waals surface area contributed by atoms with E-state index < -0.39 is 5.41 Å². The molecule has 0 radical (unpaired) electrons. The van der Waals surface area contributed by atoms with Crippen molar-refractivity contribution in [1.82, 2.24) is 9.13 Å². The molecule has 1 aliphatic rings. The molecular weight excluding hydrogens is 929 g/mol. The van der Waals surface area contributed by atoms with Gasteiger partial charge in [0.2, 0.25) is 0 Å². The molecule has 1 aliphatic carbocycles. The van der Waals surface area contributed by atoms with E-state index in [2.05, 4.69) is 300 Å². The van der Waals surface area contributed by atoms with Gasteiger partial charge in [-0.1, -0.05) is 224 Å². The van der Waals surface area contributed by atoms with Crippen molar-refractivity contribution in [3.63, 3.8) is 0 Å². The largest absolute Gasteiger partial charge is 0.309 e. The van der Waals surface area contributed by atoms with Gasteiger partial charge in [-0.15, -0.1) is 0 Å². The summed E-state index contributed by atoms with van der Waals surface area (Å²) in [5.74, 6) is 0. The monoisotopic (exact) mass is 976 g/mol. The van der Waals surface area contributed by atoms with Crippen LogP contribution in [0.15, 0.2) is 291 Å². The van der Waals surface area contributed by atoms with E-state index >= 15 is 0 Å². The summed E-state index contributed by atoms with van der Waals surface area (Å²) in [6.45, 7) is 0. The fourth-order valence-corrected chi connectivity index (χ4v) is 13.6. The molecule has 15 aromatic rings. The van der Waals surface area contributed by atoms with Crippen molar-refractivity contribution in [2.45, 2.75) is 5.41 Å². The van der Waals surface area contributed by atoms with E-state index in [-0.39, 0.29) is 0 Å². The lowest BCUT2D eigenvalue weighted by molar-refractivity contribution is 0.769. The van der Waals surface area contributed by atoms with Crippen LogP contribution in [0.25, 0.3) is 121 Å². The van der Waals surface area contributed by atoms with E-state index in [1.54, 1.807) is 0 Å². The summed E-state index contributed by atoms with van der Waals surface area (Å²) in [4.78, 5) is 0. The van der Waals surface area contributed by atoms with Crippen LogP contribution in [0.2, 0.25) is 0 Å². The van der Waals surface area contributed by atoms with Crippen molar-refractivity contribution in [2.24, 2.45) is 0 Å². The number of para-hydroxylation sites is 3. The highest BCUT2D eigenvalue weighted by molar-refractivity contribution is 6.22. The molecule has 0 atom stereocenters. The fourth-order valence-electron chi connectivity index (χ4n) is 13.6. The van der Waals surface area contributed by atoms with E-state index in [0.29, 0.717) is 0 Å². The molecule has 0 saturated heterocycles. The van der Waals surface area contributed by atoms with Crippen LogP contribution in [0.1, 0.15) is 22.3 Å². The van der Waals surface area contributed by atoms with Crippen molar-refractivity contribution in [2.75, 3.05) is 0 Å². The second-order valence-electron chi connectivity index (χ2n) is 20.7. The average molecular weight is 977 g/mol. The van der Waals surface area contributed by atoms with E-state index in [1.165, 1.54) is 138 Å². The Morgan fingerprint density at radius 1 is 0.221 bits per heavy atom. The number of fused-ring (bicyclic) bond motifs is 11. The lowest BCUT2D eigenvalue weighted by Gasteiger charge is -2.34. The molecule has 0 spiro atoms. The maximum absolute atomic E-state index is 2.51. The predicted molar refractivity (Wildman–Crippen MR) is 324 cm³/mol. The Balaban J connectivity index is 0.824. The van der Waals surface area contributed by atoms with Crippen LogP contribution in [0.3, 0.4) is 0 Å². The van der Waals surface area contributed by atoms with E-state index in [4.69, 9.17) is 0 Å². The summed E-state index contributed by atoms with van der Waals surface area (Å²) < 4.78 is 4.82. The first-order chi connectivity index (χ1) is 38.2. The van der Waals surface area contributed by atoms with Crippen molar-refractivity contribution in [1.29, 1.82) is 0 Å². The Hall–Kier alpha value is -10.0. The number of nitrogens with zero attached hydrogens (tertiary/aromatic N) is 2. The predicted octanol–water partition coefficient (Wildman–Crippen LogP) is 19.6. The zero-order valence-corrected chi connectivity index (χ0v) is 42.1. The van der Waals surface area contributed by atoms with Crippen LogP contribution in [0.4, 0.5) is 0 Å². The quantitative estimate of drug-likeness (QED) is 0.141. The fraction of sp³-hybridized carbons (Fsp3) is 0.0133. The topological polar surface area (TPSA) is 9.86 Å². The highest BCUT2D eigenvalue weighted by atomic mass is 15.0. The van der Waals surface area contributed by atoms with Gasteiger partial charge in [0.15, 0.2) is 0 Å². The van der Waals surface area contributed by atoms with Gasteiger partial charge in [-0.25, -0.2) is 0 Å². The molecular formula is C75H48N2. The molecule has 0 amide bonds. The Kier molecular flexibility index (Phi) is 9.58. The molecule has 2 heterocycles. The van der Waals surface area contributed by atoms with Crippen LogP contribution < -0.4 is 0 Å². The summed E-state index contributed by atoms with van der Waals surface area (Å²) in [7, 11) is 0. The number of benzene rings is 13. The van der Waals surface area contributed by atoms with Crippen molar-refractivity contribution in [3.05, 3.63) is 313 Å². The van der Waals surface area contributed by atoms with Crippen molar-refractivity contribution in [3.8, 4) is 55.9 Å². The molecule has 0 saturated carbocycles. The Morgan fingerprint density at radius 3 is 1.13 bits per heavy atom. The molecule has 0 unspecified atom stereocenters. The first kappa shape index (κ1) is 43.4. The van der Waals surface area contributed by atoms with E-state index in [0.717, 1.165) is 5.69 Å². The maximum Gasteiger partial charge on any atom is 0.0713 e. The van der Waals surface area contributed by atoms with Gasteiger partial charge in [0, 0.05) is 32.9 Å². The Bertz CT molecular complexity index is 4730. The van der Waals surface area contributed by atoms with Gasteiger partial charge >= 0.3 is 0 Å². The molecule has 0 aliphatic heterocycles. The minimum absolute atomic E-state index is 0.488. The van der Waals surface area contributed by atoms with Gasteiger partial charge in [-0.05, 0) is 155 Å². The van der Waals surface area contributed by atoms with Crippen LogP contribution in [0.5, 0.6) is 0 Å². The molecule has 2 heteroatoms. The lowest BCUT2D eigenvalue weighted by atomic mass is 9.67. The van der Waals surface area contributed by atoms with Crippen molar-refractivity contribution >= 4 is 65.2 Å². The lowest BCUT2D eigenvalue weighted by Crippen LogP contribution is -2.28. The molecule has 2 aromatic heterocycles. The van der Waals surface area contributed by atoms with Crippen LogP contribution in [-0.4, -0.2) is 9.13 Å². The molecule has 0 bridgehead atoms. The second kappa shape index (κ2) is 17.0. The smallest absolute Gasteiger partial charge is 0.0713 e. The minimum Gasteiger partial charge on any atom is -0.309 e. The van der Waals surface area contributed by atoms with Crippen LogP contribution in [-0.2, 0) is 5.41 Å². The Labute approximate surface area is 446 Å². The van der Waals surface area contributed by atoms with Gasteiger partial charge in [0.1, 0.15) is 0 Å². The summed E-state index contributed by atoms with van der Waals surface area (Å²) >= 11 is 0. The average Bonchev–Trinajstić information content (AvgIpc) is 4.28. The Morgan fingerprint density at radius 2 is 0.597 bits per heavy atom. The number of hydrogen-bond donors (Lipinski definition) is 0.